The third-order valence-electron chi connectivity index (χ3n) is 5.17. The summed E-state index contributed by atoms with van der Waals surface area (Å²) in [4.78, 5) is 2.79. The van der Waals surface area contributed by atoms with E-state index in [0.717, 1.165) is 30.5 Å². The maximum absolute atomic E-state index is 3.65. The van der Waals surface area contributed by atoms with E-state index in [-0.39, 0.29) is 0 Å². The second-order valence-corrected chi connectivity index (χ2v) is 6.69. The van der Waals surface area contributed by atoms with Crippen LogP contribution in [0.25, 0.3) is 0 Å². The Bertz CT molecular complexity index is 229. The van der Waals surface area contributed by atoms with E-state index >= 15 is 0 Å². The van der Waals surface area contributed by atoms with Crippen molar-refractivity contribution < 1.29 is 0 Å². The van der Waals surface area contributed by atoms with Crippen LogP contribution in [0.1, 0.15) is 59.3 Å². The van der Waals surface area contributed by atoms with Crippen LogP contribution >= 0.6 is 0 Å². The minimum Gasteiger partial charge on any atom is -0.314 e. The SMILES string of the molecule is CCNC1CCCC(N2CCC(C(C)C)CC2)C1. The van der Waals surface area contributed by atoms with Crippen molar-refractivity contribution in [1.29, 1.82) is 0 Å². The standard InChI is InChI=1S/C16H32N2/c1-4-17-15-6-5-7-16(12-15)18-10-8-14(9-11-18)13(2)3/h13-17H,4-12H2,1-3H3. The predicted molar refractivity (Wildman–Crippen MR) is 78.9 cm³/mol. The first-order chi connectivity index (χ1) is 8.70. The molecule has 0 aromatic rings. The van der Waals surface area contributed by atoms with E-state index in [2.05, 4.69) is 31.0 Å². The zero-order valence-corrected chi connectivity index (χ0v) is 12.6. The van der Waals surface area contributed by atoms with E-state index in [0.29, 0.717) is 0 Å². The normalized spacial score (nSPS) is 32.0. The molecule has 2 heteroatoms. The lowest BCUT2D eigenvalue weighted by molar-refractivity contribution is 0.0849. The van der Waals surface area contributed by atoms with Crippen LogP contribution in [0.3, 0.4) is 0 Å². The zero-order valence-electron chi connectivity index (χ0n) is 12.6. The molecule has 2 nitrogen and oxygen atoms in total. The van der Waals surface area contributed by atoms with Crippen molar-refractivity contribution in [1.82, 2.24) is 10.2 Å². The lowest BCUT2D eigenvalue weighted by Gasteiger charge is -2.42. The fourth-order valence-electron chi connectivity index (χ4n) is 3.92. The predicted octanol–water partition coefficient (Wildman–Crippen LogP) is 3.28. The molecule has 1 saturated carbocycles. The Hall–Kier alpha value is -0.0800. The summed E-state index contributed by atoms with van der Waals surface area (Å²) in [6.07, 6.45) is 8.51. The van der Waals surface area contributed by atoms with Crippen LogP contribution in [0.4, 0.5) is 0 Å². The Balaban J connectivity index is 1.78. The third-order valence-corrected chi connectivity index (χ3v) is 5.17. The molecule has 0 radical (unpaired) electrons. The van der Waals surface area contributed by atoms with E-state index in [9.17, 15) is 0 Å². The van der Waals surface area contributed by atoms with Gasteiger partial charge in [-0.3, -0.25) is 0 Å². The maximum Gasteiger partial charge on any atom is 0.0110 e. The molecule has 1 aliphatic heterocycles. The molecule has 0 spiro atoms. The summed E-state index contributed by atoms with van der Waals surface area (Å²) in [7, 11) is 0. The second kappa shape index (κ2) is 6.91. The van der Waals surface area contributed by atoms with E-state index < -0.39 is 0 Å². The minimum absolute atomic E-state index is 0.788. The number of nitrogens with zero attached hydrogens (tertiary/aromatic N) is 1. The molecule has 1 N–H and O–H groups in total. The number of rotatable bonds is 4. The van der Waals surface area contributed by atoms with Gasteiger partial charge in [-0.25, -0.2) is 0 Å². The lowest BCUT2D eigenvalue weighted by Crippen LogP contribution is -2.47. The van der Waals surface area contributed by atoms with Gasteiger partial charge in [-0.2, -0.15) is 0 Å². The van der Waals surface area contributed by atoms with Crippen LogP contribution in [0, 0.1) is 11.8 Å². The summed E-state index contributed by atoms with van der Waals surface area (Å²) in [5, 5.41) is 3.65. The second-order valence-electron chi connectivity index (χ2n) is 6.69. The monoisotopic (exact) mass is 252 g/mol. The molecule has 106 valence electrons. The molecule has 2 atom stereocenters. The Morgan fingerprint density at radius 1 is 1.11 bits per heavy atom. The fraction of sp³-hybridized carbons (Fsp3) is 1.00. The van der Waals surface area contributed by atoms with Crippen LogP contribution in [0.15, 0.2) is 0 Å². The van der Waals surface area contributed by atoms with Crippen molar-refractivity contribution >= 4 is 0 Å². The van der Waals surface area contributed by atoms with Gasteiger partial charge in [0.25, 0.3) is 0 Å². The van der Waals surface area contributed by atoms with Crippen LogP contribution in [-0.2, 0) is 0 Å². The quantitative estimate of drug-likeness (QED) is 0.826. The first-order valence-electron chi connectivity index (χ1n) is 8.18. The van der Waals surface area contributed by atoms with Crippen molar-refractivity contribution in [3.63, 3.8) is 0 Å². The van der Waals surface area contributed by atoms with Crippen molar-refractivity contribution in [3.05, 3.63) is 0 Å². The number of nitrogens with one attached hydrogen (secondary N) is 1. The van der Waals surface area contributed by atoms with Crippen LogP contribution in [-0.4, -0.2) is 36.6 Å². The van der Waals surface area contributed by atoms with Crippen molar-refractivity contribution in [2.24, 2.45) is 11.8 Å². The van der Waals surface area contributed by atoms with Crippen molar-refractivity contribution in [2.75, 3.05) is 19.6 Å². The molecule has 2 fully saturated rings. The lowest BCUT2D eigenvalue weighted by atomic mass is 9.84. The summed E-state index contributed by atoms with van der Waals surface area (Å²) in [6, 6.07) is 1.66. The Morgan fingerprint density at radius 3 is 2.44 bits per heavy atom. The molecule has 1 saturated heterocycles. The van der Waals surface area contributed by atoms with E-state index in [1.165, 1.54) is 51.6 Å². The molecule has 0 aromatic carbocycles. The average molecular weight is 252 g/mol. The molecule has 0 amide bonds. The number of piperidine rings is 1. The van der Waals surface area contributed by atoms with Gasteiger partial charge in [0.1, 0.15) is 0 Å². The molecule has 2 unspecified atom stereocenters. The molecule has 2 aliphatic rings. The number of likely N-dealkylation sites (tertiary alicyclic amines) is 1. The first-order valence-corrected chi connectivity index (χ1v) is 8.18. The van der Waals surface area contributed by atoms with E-state index in [1.54, 1.807) is 0 Å². The summed E-state index contributed by atoms with van der Waals surface area (Å²) in [5.41, 5.74) is 0. The van der Waals surface area contributed by atoms with Crippen molar-refractivity contribution in [2.45, 2.75) is 71.4 Å². The maximum atomic E-state index is 3.65. The van der Waals surface area contributed by atoms with Gasteiger partial charge >= 0.3 is 0 Å². The summed E-state index contributed by atoms with van der Waals surface area (Å²) < 4.78 is 0. The summed E-state index contributed by atoms with van der Waals surface area (Å²) in [5.74, 6) is 1.86. The highest BCUT2D eigenvalue weighted by atomic mass is 15.2. The van der Waals surface area contributed by atoms with Crippen LogP contribution in [0.5, 0.6) is 0 Å². The van der Waals surface area contributed by atoms with Gasteiger partial charge < -0.3 is 10.2 Å². The average Bonchev–Trinajstić information content (AvgIpc) is 2.39. The van der Waals surface area contributed by atoms with E-state index in [1.807, 2.05) is 0 Å². The molecule has 0 bridgehead atoms. The molecular formula is C16H32N2. The van der Waals surface area contributed by atoms with Gasteiger partial charge in [0, 0.05) is 12.1 Å². The van der Waals surface area contributed by atoms with Gasteiger partial charge in [-0.15, -0.1) is 0 Å². The molecular weight excluding hydrogens is 220 g/mol. The molecule has 1 aliphatic carbocycles. The highest BCUT2D eigenvalue weighted by Gasteiger charge is 2.29. The zero-order chi connectivity index (χ0) is 13.0. The first kappa shape index (κ1) is 14.3. The molecule has 0 aromatic heterocycles. The highest BCUT2D eigenvalue weighted by Crippen LogP contribution is 2.30. The largest absolute Gasteiger partial charge is 0.314 e. The molecule has 2 rings (SSSR count). The fourth-order valence-corrected chi connectivity index (χ4v) is 3.92. The summed E-state index contributed by atoms with van der Waals surface area (Å²) in [6.45, 7) is 10.9. The van der Waals surface area contributed by atoms with Gasteiger partial charge in [-0.1, -0.05) is 27.2 Å². The van der Waals surface area contributed by atoms with E-state index in [4.69, 9.17) is 0 Å². The third kappa shape index (κ3) is 3.71. The Morgan fingerprint density at radius 2 is 1.83 bits per heavy atom. The van der Waals surface area contributed by atoms with Crippen molar-refractivity contribution in [3.8, 4) is 0 Å². The van der Waals surface area contributed by atoms with Crippen LogP contribution in [0.2, 0.25) is 0 Å². The van der Waals surface area contributed by atoms with Gasteiger partial charge in [0.15, 0.2) is 0 Å². The van der Waals surface area contributed by atoms with Gasteiger partial charge in [0.2, 0.25) is 0 Å². The molecule has 1 heterocycles. The summed E-state index contributed by atoms with van der Waals surface area (Å²) >= 11 is 0. The minimum atomic E-state index is 0.788. The number of hydrogen-bond donors (Lipinski definition) is 1. The topological polar surface area (TPSA) is 15.3 Å². The highest BCUT2D eigenvalue weighted by molar-refractivity contribution is 4.86. The van der Waals surface area contributed by atoms with Gasteiger partial charge in [-0.05, 0) is 63.6 Å². The Kier molecular flexibility index (Phi) is 5.50. The van der Waals surface area contributed by atoms with Crippen LogP contribution < -0.4 is 5.32 Å². The van der Waals surface area contributed by atoms with Gasteiger partial charge in [0.05, 0.1) is 0 Å². The number of hydrogen-bond acceptors (Lipinski definition) is 2. The Labute approximate surface area is 114 Å². The smallest absolute Gasteiger partial charge is 0.0110 e. The molecule has 18 heavy (non-hydrogen) atoms.